The second-order valence-corrected chi connectivity index (χ2v) is 5.60. The molecule has 0 spiro atoms. The number of para-hydroxylation sites is 1. The van der Waals surface area contributed by atoms with E-state index < -0.39 is 0 Å². The minimum absolute atomic E-state index is 0.676. The molecule has 0 aliphatic heterocycles. The summed E-state index contributed by atoms with van der Waals surface area (Å²) in [7, 11) is 2.05. The van der Waals surface area contributed by atoms with Crippen molar-refractivity contribution in [2.75, 3.05) is 5.32 Å². The molecule has 0 unspecified atom stereocenters. The van der Waals surface area contributed by atoms with Gasteiger partial charge in [-0.3, -0.25) is 0 Å². The summed E-state index contributed by atoms with van der Waals surface area (Å²) in [6.07, 6.45) is 2.14. The van der Waals surface area contributed by atoms with Crippen LogP contribution in [-0.4, -0.2) is 4.57 Å². The van der Waals surface area contributed by atoms with Gasteiger partial charge in [0.05, 0.1) is 10.7 Å². The van der Waals surface area contributed by atoms with Crippen LogP contribution in [0.5, 0.6) is 0 Å². The average molecular weight is 305 g/mol. The number of hydrogen-bond donors (Lipinski definition) is 1. The monoisotopic (exact) mass is 304 g/mol. The number of fused-ring (bicyclic) bond motifs is 1. The van der Waals surface area contributed by atoms with E-state index in [1.165, 1.54) is 16.5 Å². The molecule has 4 heteroatoms. The Hall–Kier alpha value is -1.64. The molecule has 1 heterocycles. The maximum atomic E-state index is 6.16. The van der Waals surface area contributed by atoms with E-state index in [2.05, 4.69) is 41.3 Å². The molecule has 3 rings (SSSR count). The summed E-state index contributed by atoms with van der Waals surface area (Å²) in [4.78, 5) is 0. The fourth-order valence-electron chi connectivity index (χ4n) is 2.39. The standard InChI is InChI=1S/C16H14Cl2N2/c1-20-10-11(13-4-2-3-5-16(13)20)9-19-15-8-12(17)6-7-14(15)18/h2-8,10,19H,9H2,1H3. The highest BCUT2D eigenvalue weighted by molar-refractivity contribution is 6.35. The van der Waals surface area contributed by atoms with Crippen molar-refractivity contribution in [1.29, 1.82) is 0 Å². The first-order chi connectivity index (χ1) is 9.65. The highest BCUT2D eigenvalue weighted by Gasteiger charge is 2.07. The van der Waals surface area contributed by atoms with Crippen molar-refractivity contribution in [1.82, 2.24) is 4.57 Å². The van der Waals surface area contributed by atoms with Gasteiger partial charge in [0.2, 0.25) is 0 Å². The molecule has 0 aliphatic carbocycles. The highest BCUT2D eigenvalue weighted by Crippen LogP contribution is 2.27. The Balaban J connectivity index is 1.89. The highest BCUT2D eigenvalue weighted by atomic mass is 35.5. The Bertz CT molecular complexity index is 762. The van der Waals surface area contributed by atoms with Crippen LogP contribution in [0.15, 0.2) is 48.7 Å². The van der Waals surface area contributed by atoms with E-state index in [1.807, 2.05) is 12.1 Å². The zero-order chi connectivity index (χ0) is 14.1. The molecule has 0 atom stereocenters. The molecule has 0 radical (unpaired) electrons. The smallest absolute Gasteiger partial charge is 0.0638 e. The van der Waals surface area contributed by atoms with Gasteiger partial charge >= 0.3 is 0 Å². The average Bonchev–Trinajstić information content (AvgIpc) is 2.77. The maximum absolute atomic E-state index is 6.16. The topological polar surface area (TPSA) is 17.0 Å². The molecule has 0 bridgehead atoms. The third-order valence-electron chi connectivity index (χ3n) is 3.38. The molecule has 20 heavy (non-hydrogen) atoms. The van der Waals surface area contributed by atoms with Gasteiger partial charge in [0.1, 0.15) is 0 Å². The number of hydrogen-bond acceptors (Lipinski definition) is 1. The SMILES string of the molecule is Cn1cc(CNc2cc(Cl)ccc2Cl)c2ccccc21. The number of benzene rings is 2. The number of aryl methyl sites for hydroxylation is 1. The van der Waals surface area contributed by atoms with Gasteiger partial charge in [0.15, 0.2) is 0 Å². The van der Waals surface area contributed by atoms with Gasteiger partial charge in [0.25, 0.3) is 0 Å². The van der Waals surface area contributed by atoms with Crippen molar-refractivity contribution in [2.24, 2.45) is 7.05 Å². The largest absolute Gasteiger partial charge is 0.380 e. The summed E-state index contributed by atoms with van der Waals surface area (Å²) < 4.78 is 2.13. The van der Waals surface area contributed by atoms with Crippen molar-refractivity contribution < 1.29 is 0 Å². The van der Waals surface area contributed by atoms with Gasteiger partial charge in [-0.25, -0.2) is 0 Å². The molecule has 2 nitrogen and oxygen atoms in total. The Morgan fingerprint density at radius 3 is 2.75 bits per heavy atom. The van der Waals surface area contributed by atoms with Crippen molar-refractivity contribution in [3.63, 3.8) is 0 Å². The van der Waals surface area contributed by atoms with Gasteiger partial charge in [-0.15, -0.1) is 0 Å². The van der Waals surface area contributed by atoms with Crippen LogP contribution in [0.1, 0.15) is 5.56 Å². The minimum Gasteiger partial charge on any atom is -0.380 e. The normalized spacial score (nSPS) is 10.9. The number of anilines is 1. The van der Waals surface area contributed by atoms with Crippen LogP contribution in [0.25, 0.3) is 10.9 Å². The summed E-state index contributed by atoms with van der Waals surface area (Å²) in [6.45, 7) is 0.710. The van der Waals surface area contributed by atoms with E-state index >= 15 is 0 Å². The number of rotatable bonds is 3. The number of aromatic nitrogens is 1. The lowest BCUT2D eigenvalue weighted by atomic mass is 10.2. The predicted octanol–water partition coefficient (Wildman–Crippen LogP) is 5.10. The fraction of sp³-hybridized carbons (Fsp3) is 0.125. The molecule has 102 valence electrons. The molecule has 0 fully saturated rings. The molecular formula is C16H14Cl2N2. The molecule has 3 aromatic rings. The molecule has 0 saturated carbocycles. The second-order valence-electron chi connectivity index (χ2n) is 4.76. The number of nitrogens with one attached hydrogen (secondary N) is 1. The van der Waals surface area contributed by atoms with E-state index in [0.717, 1.165) is 5.69 Å². The predicted molar refractivity (Wildman–Crippen MR) is 86.7 cm³/mol. The van der Waals surface area contributed by atoms with Crippen LogP contribution >= 0.6 is 23.2 Å². The van der Waals surface area contributed by atoms with Crippen LogP contribution in [0.2, 0.25) is 10.0 Å². The van der Waals surface area contributed by atoms with E-state index in [0.29, 0.717) is 16.6 Å². The zero-order valence-corrected chi connectivity index (χ0v) is 12.5. The van der Waals surface area contributed by atoms with Crippen LogP contribution in [0, 0.1) is 0 Å². The fourth-order valence-corrected chi connectivity index (χ4v) is 2.75. The number of halogens is 2. The Kier molecular flexibility index (Phi) is 3.60. The van der Waals surface area contributed by atoms with Gasteiger partial charge in [-0.2, -0.15) is 0 Å². The summed E-state index contributed by atoms with van der Waals surface area (Å²) in [6, 6.07) is 13.8. The van der Waals surface area contributed by atoms with Crippen molar-refractivity contribution in [3.05, 3.63) is 64.3 Å². The minimum atomic E-state index is 0.676. The lowest BCUT2D eigenvalue weighted by molar-refractivity contribution is 0.956. The molecule has 0 saturated heterocycles. The zero-order valence-electron chi connectivity index (χ0n) is 11.0. The van der Waals surface area contributed by atoms with Crippen molar-refractivity contribution in [3.8, 4) is 0 Å². The molecule has 0 amide bonds. The molecule has 2 aromatic carbocycles. The van der Waals surface area contributed by atoms with E-state index in [1.54, 1.807) is 12.1 Å². The molecule has 1 N–H and O–H groups in total. The quantitative estimate of drug-likeness (QED) is 0.712. The lowest BCUT2D eigenvalue weighted by Gasteiger charge is -2.08. The first-order valence-electron chi connectivity index (χ1n) is 6.37. The van der Waals surface area contributed by atoms with E-state index in [9.17, 15) is 0 Å². The summed E-state index contributed by atoms with van der Waals surface area (Å²) in [5.74, 6) is 0. The Morgan fingerprint density at radius 1 is 1.10 bits per heavy atom. The van der Waals surface area contributed by atoms with Crippen molar-refractivity contribution >= 4 is 39.8 Å². The van der Waals surface area contributed by atoms with Crippen LogP contribution in [0.4, 0.5) is 5.69 Å². The maximum Gasteiger partial charge on any atom is 0.0638 e. The third kappa shape index (κ3) is 2.49. The van der Waals surface area contributed by atoms with Gasteiger partial charge in [-0.1, -0.05) is 41.4 Å². The van der Waals surface area contributed by atoms with Gasteiger partial charge in [0, 0.05) is 35.7 Å². The number of nitrogens with zero attached hydrogens (tertiary/aromatic N) is 1. The van der Waals surface area contributed by atoms with Crippen LogP contribution in [-0.2, 0) is 13.6 Å². The second kappa shape index (κ2) is 5.39. The van der Waals surface area contributed by atoms with Gasteiger partial charge in [-0.05, 0) is 29.8 Å². The lowest BCUT2D eigenvalue weighted by Crippen LogP contribution is -1.99. The first kappa shape index (κ1) is 13.3. The first-order valence-corrected chi connectivity index (χ1v) is 7.12. The third-order valence-corrected chi connectivity index (χ3v) is 3.94. The van der Waals surface area contributed by atoms with E-state index in [-0.39, 0.29) is 0 Å². The molecule has 0 aliphatic rings. The molecule has 1 aromatic heterocycles. The van der Waals surface area contributed by atoms with Crippen LogP contribution < -0.4 is 5.32 Å². The van der Waals surface area contributed by atoms with Gasteiger partial charge < -0.3 is 9.88 Å². The van der Waals surface area contributed by atoms with E-state index in [4.69, 9.17) is 23.2 Å². The summed E-state index contributed by atoms with van der Waals surface area (Å²) >= 11 is 12.2. The summed E-state index contributed by atoms with van der Waals surface area (Å²) in [5.41, 5.74) is 3.31. The summed E-state index contributed by atoms with van der Waals surface area (Å²) in [5, 5.41) is 5.95. The Labute approximate surface area is 127 Å². The van der Waals surface area contributed by atoms with Crippen LogP contribution in [0.3, 0.4) is 0 Å². The Morgan fingerprint density at radius 2 is 1.90 bits per heavy atom. The molecular weight excluding hydrogens is 291 g/mol. The van der Waals surface area contributed by atoms with Crippen molar-refractivity contribution in [2.45, 2.75) is 6.54 Å².